The Labute approximate surface area is 142 Å². The van der Waals surface area contributed by atoms with E-state index in [1.807, 2.05) is 0 Å². The Balaban J connectivity index is 1.91. The molecule has 0 saturated heterocycles. The second-order valence-corrected chi connectivity index (χ2v) is 7.33. The first-order chi connectivity index (χ1) is 11.8. The van der Waals surface area contributed by atoms with E-state index >= 15 is 0 Å². The molecule has 1 aliphatic carbocycles. The third-order valence-electron chi connectivity index (χ3n) is 5.69. The summed E-state index contributed by atoms with van der Waals surface area (Å²) in [7, 11) is 0. The Morgan fingerprint density at radius 2 is 1.71 bits per heavy atom. The van der Waals surface area contributed by atoms with Crippen LogP contribution in [0.15, 0.2) is 52.9 Å². The number of benzene rings is 3. The van der Waals surface area contributed by atoms with Crippen molar-refractivity contribution in [3.05, 3.63) is 59.7 Å². The standard InChI is InChI=1S/C23H22O/c1-15-11-12-19-21(13-15)24-23-20(16-7-3-2-4-8-16)14-17-9-5-6-10-18(17)22(19)23/h5-6,9-14,16H,2-4,7-8H2,1H3. The van der Waals surface area contributed by atoms with Gasteiger partial charge in [0, 0.05) is 10.8 Å². The van der Waals surface area contributed by atoms with Gasteiger partial charge in [0.2, 0.25) is 0 Å². The van der Waals surface area contributed by atoms with Crippen LogP contribution < -0.4 is 0 Å². The molecule has 0 aliphatic heterocycles. The lowest BCUT2D eigenvalue weighted by atomic mass is 9.82. The van der Waals surface area contributed by atoms with E-state index in [0.29, 0.717) is 5.92 Å². The Morgan fingerprint density at radius 3 is 2.58 bits per heavy atom. The van der Waals surface area contributed by atoms with Crippen LogP contribution in [0.25, 0.3) is 32.7 Å². The molecule has 0 atom stereocenters. The fourth-order valence-electron chi connectivity index (χ4n) is 4.47. The largest absolute Gasteiger partial charge is 0.456 e. The van der Waals surface area contributed by atoms with E-state index in [-0.39, 0.29) is 0 Å². The summed E-state index contributed by atoms with van der Waals surface area (Å²) in [6.07, 6.45) is 6.66. The molecule has 0 radical (unpaired) electrons. The van der Waals surface area contributed by atoms with Crippen molar-refractivity contribution in [1.82, 2.24) is 0 Å². The van der Waals surface area contributed by atoms with E-state index in [1.54, 1.807) is 0 Å². The molecule has 0 amide bonds. The fourth-order valence-corrected chi connectivity index (χ4v) is 4.47. The Kier molecular flexibility index (Phi) is 3.16. The van der Waals surface area contributed by atoms with Crippen molar-refractivity contribution in [2.75, 3.05) is 0 Å². The number of furan rings is 1. The van der Waals surface area contributed by atoms with E-state index < -0.39 is 0 Å². The summed E-state index contributed by atoms with van der Waals surface area (Å²) in [6.45, 7) is 2.13. The van der Waals surface area contributed by atoms with Crippen molar-refractivity contribution >= 4 is 32.7 Å². The summed E-state index contributed by atoms with van der Waals surface area (Å²) in [6, 6.07) is 17.7. The van der Waals surface area contributed by atoms with Crippen molar-refractivity contribution in [3.63, 3.8) is 0 Å². The van der Waals surface area contributed by atoms with Gasteiger partial charge in [0.05, 0.1) is 0 Å². The summed E-state index contributed by atoms with van der Waals surface area (Å²) in [5, 5.41) is 5.22. The maximum Gasteiger partial charge on any atom is 0.139 e. The van der Waals surface area contributed by atoms with Gasteiger partial charge < -0.3 is 4.42 Å². The van der Waals surface area contributed by atoms with Gasteiger partial charge in [-0.1, -0.05) is 55.7 Å². The lowest BCUT2D eigenvalue weighted by molar-refractivity contribution is 0.442. The van der Waals surface area contributed by atoms with Crippen molar-refractivity contribution < 1.29 is 4.42 Å². The molecule has 1 heterocycles. The van der Waals surface area contributed by atoms with E-state index in [1.165, 1.54) is 64.8 Å². The summed E-state index contributed by atoms with van der Waals surface area (Å²) < 4.78 is 6.43. The molecule has 1 heteroatoms. The fraction of sp³-hybridized carbons (Fsp3) is 0.304. The molecule has 4 aromatic rings. The van der Waals surface area contributed by atoms with E-state index in [2.05, 4.69) is 55.5 Å². The van der Waals surface area contributed by atoms with Crippen LogP contribution in [0.4, 0.5) is 0 Å². The van der Waals surface area contributed by atoms with Crippen molar-refractivity contribution in [3.8, 4) is 0 Å². The van der Waals surface area contributed by atoms with Gasteiger partial charge in [0.1, 0.15) is 11.2 Å². The maximum atomic E-state index is 6.43. The van der Waals surface area contributed by atoms with Gasteiger partial charge in [0.25, 0.3) is 0 Å². The van der Waals surface area contributed by atoms with Crippen LogP contribution in [0.3, 0.4) is 0 Å². The van der Waals surface area contributed by atoms with Gasteiger partial charge >= 0.3 is 0 Å². The average molecular weight is 314 g/mol. The summed E-state index contributed by atoms with van der Waals surface area (Å²) >= 11 is 0. The maximum absolute atomic E-state index is 6.43. The number of hydrogen-bond acceptors (Lipinski definition) is 1. The molecule has 1 aromatic heterocycles. The Bertz CT molecular complexity index is 1050. The minimum atomic E-state index is 0.646. The topological polar surface area (TPSA) is 13.1 Å². The first-order valence-corrected chi connectivity index (χ1v) is 9.16. The molecule has 3 aromatic carbocycles. The van der Waals surface area contributed by atoms with Crippen LogP contribution in [0, 0.1) is 6.92 Å². The molecule has 0 N–H and O–H groups in total. The molecular formula is C23H22O. The molecule has 1 fully saturated rings. The predicted molar refractivity (Wildman–Crippen MR) is 102 cm³/mol. The zero-order chi connectivity index (χ0) is 16.1. The number of aryl methyl sites for hydroxylation is 1. The lowest BCUT2D eigenvalue weighted by Crippen LogP contribution is -2.04. The highest BCUT2D eigenvalue weighted by Gasteiger charge is 2.22. The molecule has 0 unspecified atom stereocenters. The highest BCUT2D eigenvalue weighted by molar-refractivity contribution is 6.19. The van der Waals surface area contributed by atoms with E-state index in [4.69, 9.17) is 4.42 Å². The molecule has 1 saturated carbocycles. The molecule has 0 spiro atoms. The molecule has 24 heavy (non-hydrogen) atoms. The minimum Gasteiger partial charge on any atom is -0.456 e. The van der Waals surface area contributed by atoms with Gasteiger partial charge in [-0.25, -0.2) is 0 Å². The van der Waals surface area contributed by atoms with E-state index in [9.17, 15) is 0 Å². The lowest BCUT2D eigenvalue weighted by Gasteiger charge is -2.22. The monoisotopic (exact) mass is 314 g/mol. The first kappa shape index (κ1) is 14.1. The smallest absolute Gasteiger partial charge is 0.139 e. The van der Waals surface area contributed by atoms with Gasteiger partial charge in [-0.15, -0.1) is 0 Å². The second kappa shape index (κ2) is 5.37. The Morgan fingerprint density at radius 1 is 0.875 bits per heavy atom. The molecule has 0 bridgehead atoms. The number of hydrogen-bond donors (Lipinski definition) is 0. The van der Waals surface area contributed by atoms with Crippen LogP contribution in [0.5, 0.6) is 0 Å². The molecular weight excluding hydrogens is 292 g/mol. The van der Waals surface area contributed by atoms with Crippen LogP contribution in [0.1, 0.15) is 49.1 Å². The minimum absolute atomic E-state index is 0.646. The van der Waals surface area contributed by atoms with E-state index in [0.717, 1.165) is 11.2 Å². The summed E-state index contributed by atoms with van der Waals surface area (Å²) in [5.74, 6) is 0.646. The number of rotatable bonds is 1. The SMILES string of the molecule is Cc1ccc2c(c1)oc1c(C3CCCCC3)cc3ccccc3c12. The zero-order valence-electron chi connectivity index (χ0n) is 14.1. The normalized spacial score (nSPS) is 16.4. The van der Waals surface area contributed by atoms with Gasteiger partial charge in [-0.3, -0.25) is 0 Å². The Hall–Kier alpha value is -2.28. The van der Waals surface area contributed by atoms with Crippen molar-refractivity contribution in [2.45, 2.75) is 44.9 Å². The summed E-state index contributed by atoms with van der Waals surface area (Å²) in [4.78, 5) is 0. The van der Waals surface area contributed by atoms with Crippen LogP contribution in [-0.4, -0.2) is 0 Å². The second-order valence-electron chi connectivity index (χ2n) is 7.33. The molecule has 1 aliphatic rings. The van der Waals surface area contributed by atoms with Crippen molar-refractivity contribution in [2.24, 2.45) is 0 Å². The highest BCUT2D eigenvalue weighted by Crippen LogP contribution is 2.43. The average Bonchev–Trinajstić information content (AvgIpc) is 3.00. The van der Waals surface area contributed by atoms with Crippen molar-refractivity contribution in [1.29, 1.82) is 0 Å². The first-order valence-electron chi connectivity index (χ1n) is 9.16. The predicted octanol–water partition coefficient (Wildman–Crippen LogP) is 7.10. The number of fused-ring (bicyclic) bond motifs is 5. The molecule has 5 rings (SSSR count). The third-order valence-corrected chi connectivity index (χ3v) is 5.69. The van der Waals surface area contributed by atoms with Crippen LogP contribution in [0.2, 0.25) is 0 Å². The van der Waals surface area contributed by atoms with Crippen LogP contribution >= 0.6 is 0 Å². The quantitative estimate of drug-likeness (QED) is 0.365. The summed E-state index contributed by atoms with van der Waals surface area (Å²) in [5.41, 5.74) is 4.84. The van der Waals surface area contributed by atoms with Gasteiger partial charge in [-0.2, -0.15) is 0 Å². The molecule has 120 valence electrons. The third kappa shape index (κ3) is 2.07. The van der Waals surface area contributed by atoms with Gasteiger partial charge in [-0.05, 0) is 59.7 Å². The highest BCUT2D eigenvalue weighted by atomic mass is 16.3. The zero-order valence-corrected chi connectivity index (χ0v) is 14.1. The van der Waals surface area contributed by atoms with Crippen LogP contribution in [-0.2, 0) is 0 Å². The van der Waals surface area contributed by atoms with Gasteiger partial charge in [0.15, 0.2) is 0 Å². The molecule has 1 nitrogen and oxygen atoms in total.